The van der Waals surface area contributed by atoms with Crippen molar-refractivity contribution in [3.05, 3.63) is 70.4 Å². The summed E-state index contributed by atoms with van der Waals surface area (Å²) in [5.74, 6) is 1.80. The van der Waals surface area contributed by atoms with Gasteiger partial charge in [-0.1, -0.05) is 30.3 Å². The maximum absolute atomic E-state index is 10.8. The summed E-state index contributed by atoms with van der Waals surface area (Å²) >= 11 is 0. The predicted octanol–water partition coefficient (Wildman–Crippen LogP) is 4.05. The fourth-order valence-corrected chi connectivity index (χ4v) is 3.71. The van der Waals surface area contributed by atoms with Gasteiger partial charge in [0.2, 0.25) is 0 Å². The van der Waals surface area contributed by atoms with E-state index in [9.17, 15) is 4.91 Å². The number of benzene rings is 2. The second kappa shape index (κ2) is 7.32. The average Bonchev–Trinajstić information content (AvgIpc) is 3.05. The van der Waals surface area contributed by atoms with E-state index in [2.05, 4.69) is 20.7 Å². The van der Waals surface area contributed by atoms with Crippen LogP contribution in [0.3, 0.4) is 0 Å². The van der Waals surface area contributed by atoms with Gasteiger partial charge in [-0.25, -0.2) is 4.98 Å². The first kappa shape index (κ1) is 17.4. The molecule has 0 aliphatic carbocycles. The Balaban J connectivity index is 1.60. The van der Waals surface area contributed by atoms with Crippen molar-refractivity contribution in [2.75, 3.05) is 13.7 Å². The number of imidazole rings is 1. The van der Waals surface area contributed by atoms with Crippen LogP contribution >= 0.6 is 0 Å². The number of ether oxygens (including phenoxy) is 1. The molecule has 0 radical (unpaired) electrons. The minimum Gasteiger partial charge on any atom is -0.496 e. The van der Waals surface area contributed by atoms with E-state index in [-0.39, 0.29) is 0 Å². The molecule has 1 aliphatic heterocycles. The van der Waals surface area contributed by atoms with E-state index in [0.717, 1.165) is 48.9 Å². The Morgan fingerprint density at radius 1 is 1.19 bits per heavy atom. The molecule has 1 aliphatic rings. The van der Waals surface area contributed by atoms with E-state index in [1.165, 1.54) is 11.3 Å². The van der Waals surface area contributed by atoms with Crippen LogP contribution in [0.1, 0.15) is 17.0 Å². The van der Waals surface area contributed by atoms with Gasteiger partial charge < -0.3 is 9.30 Å². The van der Waals surface area contributed by atoms with Crippen molar-refractivity contribution in [3.63, 3.8) is 0 Å². The zero-order chi connectivity index (χ0) is 18.8. The normalized spacial score (nSPS) is 14.0. The lowest BCUT2D eigenvalue weighted by Crippen LogP contribution is -2.31. The molecule has 0 spiro atoms. The van der Waals surface area contributed by atoms with Gasteiger partial charge in [-0.05, 0) is 23.4 Å². The lowest BCUT2D eigenvalue weighted by molar-refractivity contribution is 0.235. The Kier molecular flexibility index (Phi) is 4.73. The number of methoxy groups -OCH3 is 1. The Morgan fingerprint density at radius 2 is 2.04 bits per heavy atom. The highest BCUT2D eigenvalue weighted by Gasteiger charge is 2.24. The molecule has 1 aromatic heterocycles. The summed E-state index contributed by atoms with van der Waals surface area (Å²) in [7, 11) is 3.75. The van der Waals surface area contributed by atoms with Gasteiger partial charge in [0.25, 0.3) is 0 Å². The molecule has 2 aromatic carbocycles. The Hall–Kier alpha value is -2.99. The van der Waals surface area contributed by atoms with E-state index >= 15 is 0 Å². The van der Waals surface area contributed by atoms with Crippen LogP contribution in [0.2, 0.25) is 0 Å². The van der Waals surface area contributed by atoms with Crippen LogP contribution in [-0.4, -0.2) is 28.1 Å². The van der Waals surface area contributed by atoms with Crippen molar-refractivity contribution in [2.24, 2.45) is 12.2 Å². The van der Waals surface area contributed by atoms with Crippen molar-refractivity contribution in [1.29, 1.82) is 0 Å². The molecule has 6 nitrogen and oxygen atoms in total. The van der Waals surface area contributed by atoms with Gasteiger partial charge in [0.15, 0.2) is 0 Å². The Labute approximate surface area is 158 Å². The lowest BCUT2D eigenvalue weighted by atomic mass is 10.1. The molecule has 3 aromatic rings. The third kappa shape index (κ3) is 3.36. The van der Waals surface area contributed by atoms with E-state index < -0.39 is 0 Å². The van der Waals surface area contributed by atoms with E-state index in [1.807, 2.05) is 37.4 Å². The van der Waals surface area contributed by atoms with Crippen LogP contribution in [0, 0.1) is 4.91 Å². The molecule has 27 heavy (non-hydrogen) atoms. The quantitative estimate of drug-likeness (QED) is 0.643. The number of aromatic nitrogens is 2. The zero-order valence-corrected chi connectivity index (χ0v) is 15.6. The second-order valence-corrected chi connectivity index (χ2v) is 6.80. The van der Waals surface area contributed by atoms with Crippen molar-refractivity contribution in [3.8, 4) is 17.1 Å². The third-order valence-electron chi connectivity index (χ3n) is 5.13. The summed E-state index contributed by atoms with van der Waals surface area (Å²) in [6.07, 6.45) is 0.907. The van der Waals surface area contributed by atoms with Gasteiger partial charge >= 0.3 is 0 Å². The monoisotopic (exact) mass is 362 g/mol. The standard InChI is InChI=1S/C21H22N4O2/c1-24-19-14-25(13-16-6-3-4-9-20(16)27-2)11-10-18(19)22-21(24)15-7-5-8-17(12-15)23-26/h3-9,12H,10-11,13-14H2,1-2H3. The largest absolute Gasteiger partial charge is 0.496 e. The molecule has 0 atom stereocenters. The van der Waals surface area contributed by atoms with Gasteiger partial charge in [0, 0.05) is 44.2 Å². The first-order valence-electron chi connectivity index (χ1n) is 9.02. The molecule has 0 unspecified atom stereocenters. The van der Waals surface area contributed by atoms with Gasteiger partial charge in [-0.15, -0.1) is 4.91 Å². The van der Waals surface area contributed by atoms with Gasteiger partial charge in [-0.2, -0.15) is 0 Å². The van der Waals surface area contributed by atoms with Crippen molar-refractivity contribution >= 4 is 5.69 Å². The smallest absolute Gasteiger partial charge is 0.140 e. The summed E-state index contributed by atoms with van der Waals surface area (Å²) in [6.45, 7) is 2.63. The number of hydrogen-bond donors (Lipinski definition) is 0. The van der Waals surface area contributed by atoms with Gasteiger partial charge in [-0.3, -0.25) is 4.90 Å². The molecule has 138 valence electrons. The maximum atomic E-state index is 10.8. The molecule has 0 bridgehead atoms. The highest BCUT2D eigenvalue weighted by molar-refractivity contribution is 5.62. The maximum Gasteiger partial charge on any atom is 0.140 e. The molecular weight excluding hydrogens is 340 g/mol. The van der Waals surface area contributed by atoms with Gasteiger partial charge in [0.1, 0.15) is 17.3 Å². The molecule has 0 saturated carbocycles. The molecule has 4 rings (SSSR count). The lowest BCUT2D eigenvalue weighted by Gasteiger charge is -2.27. The molecule has 0 saturated heterocycles. The number of rotatable bonds is 5. The van der Waals surface area contributed by atoms with E-state index in [0.29, 0.717) is 5.69 Å². The van der Waals surface area contributed by atoms with Crippen LogP contribution in [0.25, 0.3) is 11.4 Å². The van der Waals surface area contributed by atoms with Crippen molar-refractivity contribution < 1.29 is 4.74 Å². The fourth-order valence-electron chi connectivity index (χ4n) is 3.71. The zero-order valence-electron chi connectivity index (χ0n) is 15.6. The van der Waals surface area contributed by atoms with E-state index in [4.69, 9.17) is 9.72 Å². The Morgan fingerprint density at radius 3 is 2.85 bits per heavy atom. The van der Waals surface area contributed by atoms with E-state index in [1.54, 1.807) is 19.2 Å². The highest BCUT2D eigenvalue weighted by Crippen LogP contribution is 2.29. The topological polar surface area (TPSA) is 59.7 Å². The molecule has 2 heterocycles. The van der Waals surface area contributed by atoms with Crippen molar-refractivity contribution in [1.82, 2.24) is 14.5 Å². The second-order valence-electron chi connectivity index (χ2n) is 6.80. The molecular formula is C21H22N4O2. The summed E-state index contributed by atoms with van der Waals surface area (Å²) in [5.41, 5.74) is 4.88. The number of fused-ring (bicyclic) bond motifs is 1. The molecule has 6 heteroatoms. The Bertz CT molecular complexity index is 980. The minimum atomic E-state index is 0.422. The van der Waals surface area contributed by atoms with Crippen LogP contribution in [-0.2, 0) is 26.6 Å². The summed E-state index contributed by atoms with van der Waals surface area (Å²) < 4.78 is 7.62. The van der Waals surface area contributed by atoms with Crippen molar-refractivity contribution in [2.45, 2.75) is 19.5 Å². The minimum absolute atomic E-state index is 0.422. The molecule has 0 fully saturated rings. The van der Waals surface area contributed by atoms with Crippen LogP contribution < -0.4 is 4.74 Å². The van der Waals surface area contributed by atoms with Gasteiger partial charge in [0.05, 0.1) is 18.5 Å². The average molecular weight is 362 g/mol. The SMILES string of the molecule is COc1ccccc1CN1CCc2nc(-c3cccc(N=O)c3)n(C)c2C1. The predicted molar refractivity (Wildman–Crippen MR) is 105 cm³/mol. The van der Waals surface area contributed by atoms with Crippen LogP contribution in [0.4, 0.5) is 5.69 Å². The number of nitrogens with zero attached hydrogens (tertiary/aromatic N) is 4. The first-order chi connectivity index (χ1) is 13.2. The summed E-state index contributed by atoms with van der Waals surface area (Å²) in [5, 5.41) is 3.04. The first-order valence-corrected chi connectivity index (χ1v) is 9.02. The molecule has 0 N–H and O–H groups in total. The number of nitroso groups, excluding NO2 is 1. The molecule has 0 amide bonds. The summed E-state index contributed by atoms with van der Waals surface area (Å²) in [6, 6.07) is 15.4. The highest BCUT2D eigenvalue weighted by atomic mass is 16.5. The number of hydrogen-bond acceptors (Lipinski definition) is 5. The van der Waals surface area contributed by atoms with Crippen LogP contribution in [0.15, 0.2) is 53.7 Å². The third-order valence-corrected chi connectivity index (χ3v) is 5.13. The fraction of sp³-hybridized carbons (Fsp3) is 0.286. The number of para-hydroxylation sites is 1. The summed E-state index contributed by atoms with van der Waals surface area (Å²) in [4.78, 5) is 18.1. The van der Waals surface area contributed by atoms with Crippen LogP contribution in [0.5, 0.6) is 5.75 Å².